The van der Waals surface area contributed by atoms with Gasteiger partial charge in [0.15, 0.2) is 0 Å². The first-order chi connectivity index (χ1) is 11.7. The minimum atomic E-state index is -0.280. The Bertz CT molecular complexity index is 613. The summed E-state index contributed by atoms with van der Waals surface area (Å²) in [6, 6.07) is 0.151. The van der Waals surface area contributed by atoms with Crippen LogP contribution < -0.4 is 0 Å². The van der Waals surface area contributed by atoms with Gasteiger partial charge < -0.3 is 9.47 Å². The number of hydrogen-bond donors (Lipinski definition) is 0. The van der Waals surface area contributed by atoms with Crippen LogP contribution >= 0.6 is 0 Å². The fraction of sp³-hybridized carbons (Fsp3) is 0.706. The number of nitrogens with zero attached hydrogens (tertiary/aromatic N) is 3. The van der Waals surface area contributed by atoms with Crippen molar-refractivity contribution >= 4 is 12.1 Å². The Hall–Kier alpha value is -2.05. The third kappa shape index (κ3) is 3.12. The summed E-state index contributed by atoms with van der Waals surface area (Å²) in [5.41, 5.74) is 2.09. The number of amides is 1. The molecule has 1 aromatic rings. The highest BCUT2D eigenvalue weighted by Gasteiger charge is 2.45. The maximum absolute atomic E-state index is 12.4. The number of esters is 1. The van der Waals surface area contributed by atoms with E-state index in [-0.39, 0.29) is 30.7 Å². The third-order valence-electron chi connectivity index (χ3n) is 4.79. The van der Waals surface area contributed by atoms with Crippen molar-refractivity contribution in [3.63, 3.8) is 0 Å². The van der Waals surface area contributed by atoms with Gasteiger partial charge >= 0.3 is 12.1 Å². The Morgan fingerprint density at radius 1 is 1.29 bits per heavy atom. The van der Waals surface area contributed by atoms with Crippen LogP contribution in [0.3, 0.4) is 0 Å². The van der Waals surface area contributed by atoms with E-state index in [9.17, 15) is 9.59 Å². The summed E-state index contributed by atoms with van der Waals surface area (Å²) in [5, 5.41) is 4.35. The van der Waals surface area contributed by atoms with Gasteiger partial charge in [-0.2, -0.15) is 5.10 Å². The lowest BCUT2D eigenvalue weighted by molar-refractivity contribution is -0.144. The van der Waals surface area contributed by atoms with E-state index >= 15 is 0 Å². The molecule has 3 heterocycles. The van der Waals surface area contributed by atoms with E-state index in [1.807, 2.05) is 4.90 Å². The Balaban J connectivity index is 1.73. The Labute approximate surface area is 141 Å². The topological polar surface area (TPSA) is 73.7 Å². The van der Waals surface area contributed by atoms with Gasteiger partial charge in [0.1, 0.15) is 6.54 Å². The van der Waals surface area contributed by atoms with Crippen molar-refractivity contribution in [2.24, 2.45) is 0 Å². The average Bonchev–Trinajstić information content (AvgIpc) is 3.09. The van der Waals surface area contributed by atoms with Crippen molar-refractivity contribution in [1.29, 1.82) is 0 Å². The maximum atomic E-state index is 12.4. The molecule has 2 unspecified atom stereocenters. The molecule has 132 valence electrons. The van der Waals surface area contributed by atoms with Gasteiger partial charge in [0, 0.05) is 23.7 Å². The zero-order valence-electron chi connectivity index (χ0n) is 14.4. The molecule has 0 saturated carbocycles. The summed E-state index contributed by atoms with van der Waals surface area (Å²) in [5.74, 6) is -0.280. The van der Waals surface area contributed by atoms with Crippen LogP contribution in [0.15, 0.2) is 6.20 Å². The molecular formula is C17H25N3O4. The number of hydrogen-bond acceptors (Lipinski definition) is 5. The summed E-state index contributed by atoms with van der Waals surface area (Å²) in [6.07, 6.45) is 6.05. The monoisotopic (exact) mass is 335 g/mol. The van der Waals surface area contributed by atoms with Gasteiger partial charge in [0.2, 0.25) is 0 Å². The van der Waals surface area contributed by atoms with Gasteiger partial charge in [-0.1, -0.05) is 13.3 Å². The Kier molecular flexibility index (Phi) is 5.06. The number of ether oxygens (including phenoxy) is 2. The molecule has 2 aliphatic heterocycles. The zero-order valence-corrected chi connectivity index (χ0v) is 14.4. The molecule has 3 rings (SSSR count). The number of fused-ring (bicyclic) bond motifs is 4. The number of rotatable bonds is 6. The van der Waals surface area contributed by atoms with Crippen molar-refractivity contribution in [3.05, 3.63) is 17.5 Å². The van der Waals surface area contributed by atoms with Gasteiger partial charge in [-0.25, -0.2) is 4.79 Å². The number of carbonyl (C=O) groups excluding carboxylic acids is 2. The highest BCUT2D eigenvalue weighted by Crippen LogP contribution is 2.43. The lowest BCUT2D eigenvalue weighted by Gasteiger charge is -2.34. The highest BCUT2D eigenvalue weighted by atomic mass is 16.6. The molecule has 1 saturated heterocycles. The second-order valence-corrected chi connectivity index (χ2v) is 6.34. The van der Waals surface area contributed by atoms with E-state index in [0.29, 0.717) is 19.6 Å². The molecule has 7 heteroatoms. The van der Waals surface area contributed by atoms with Crippen LogP contribution in [0.2, 0.25) is 0 Å². The minimum Gasteiger partial charge on any atom is -0.465 e. The molecule has 24 heavy (non-hydrogen) atoms. The van der Waals surface area contributed by atoms with Crippen molar-refractivity contribution in [2.75, 3.05) is 13.2 Å². The minimum absolute atomic E-state index is 0.0174. The summed E-state index contributed by atoms with van der Waals surface area (Å²) in [7, 11) is 0. The molecule has 1 fully saturated rings. The van der Waals surface area contributed by atoms with Crippen LogP contribution in [0.5, 0.6) is 0 Å². The van der Waals surface area contributed by atoms with E-state index in [4.69, 9.17) is 9.47 Å². The predicted molar refractivity (Wildman–Crippen MR) is 86.4 cm³/mol. The van der Waals surface area contributed by atoms with Gasteiger partial charge in [-0.15, -0.1) is 0 Å². The van der Waals surface area contributed by atoms with Crippen LogP contribution in [-0.2, 0) is 27.2 Å². The first-order valence-electron chi connectivity index (χ1n) is 8.81. The second kappa shape index (κ2) is 7.23. The smallest absolute Gasteiger partial charge is 0.410 e. The van der Waals surface area contributed by atoms with Crippen molar-refractivity contribution in [1.82, 2.24) is 14.7 Å². The maximum Gasteiger partial charge on any atom is 0.410 e. The summed E-state index contributed by atoms with van der Waals surface area (Å²) in [4.78, 5) is 26.0. The lowest BCUT2D eigenvalue weighted by atomic mass is 10.0. The molecule has 0 aromatic carbocycles. The lowest BCUT2D eigenvalue weighted by Crippen LogP contribution is -2.42. The average molecular weight is 335 g/mol. The molecule has 2 aliphatic rings. The summed E-state index contributed by atoms with van der Waals surface area (Å²) >= 11 is 0. The zero-order chi connectivity index (χ0) is 17.1. The van der Waals surface area contributed by atoms with Gasteiger partial charge in [-0.05, 0) is 26.2 Å². The Morgan fingerprint density at radius 3 is 2.88 bits per heavy atom. The SMILES string of the molecule is CCCCOC(=O)N1C2CCC1c1cnn(CC(=O)OCC)c1C2. The molecule has 1 amide bonds. The van der Waals surface area contributed by atoms with Gasteiger partial charge in [0.05, 0.1) is 25.5 Å². The molecule has 1 aromatic heterocycles. The first-order valence-corrected chi connectivity index (χ1v) is 8.81. The van der Waals surface area contributed by atoms with Crippen LogP contribution in [0.1, 0.15) is 56.8 Å². The van der Waals surface area contributed by atoms with Crippen molar-refractivity contribution in [3.8, 4) is 0 Å². The van der Waals surface area contributed by atoms with Crippen LogP contribution in [0.4, 0.5) is 4.79 Å². The van der Waals surface area contributed by atoms with Gasteiger partial charge in [0.25, 0.3) is 0 Å². The molecule has 0 aliphatic carbocycles. The standard InChI is InChI=1S/C17H25N3O4/c1-3-5-8-24-17(22)20-12-6-7-14(20)13-10-18-19(15(13)9-12)11-16(21)23-4-2/h10,12,14H,3-9,11H2,1-2H3. The van der Waals surface area contributed by atoms with Crippen molar-refractivity contribution < 1.29 is 19.1 Å². The third-order valence-corrected chi connectivity index (χ3v) is 4.79. The number of unbranched alkanes of at least 4 members (excludes halogenated alkanes) is 1. The molecule has 7 nitrogen and oxygen atoms in total. The summed E-state index contributed by atoms with van der Waals surface area (Å²) in [6.45, 7) is 4.83. The predicted octanol–water partition coefficient (Wildman–Crippen LogP) is 2.44. The largest absolute Gasteiger partial charge is 0.465 e. The molecule has 0 radical (unpaired) electrons. The second-order valence-electron chi connectivity index (χ2n) is 6.34. The van der Waals surface area contributed by atoms with E-state index in [0.717, 1.165) is 36.9 Å². The molecule has 0 spiro atoms. The van der Waals surface area contributed by atoms with E-state index in [1.54, 1.807) is 17.8 Å². The fourth-order valence-corrected chi connectivity index (χ4v) is 3.66. The van der Waals surface area contributed by atoms with Gasteiger partial charge in [-0.3, -0.25) is 14.4 Å². The first kappa shape index (κ1) is 16.8. The number of aromatic nitrogens is 2. The number of carbonyl (C=O) groups is 2. The Morgan fingerprint density at radius 2 is 2.12 bits per heavy atom. The normalized spacial score (nSPS) is 21.5. The molecule has 2 atom stereocenters. The van der Waals surface area contributed by atoms with E-state index in [1.165, 1.54) is 0 Å². The quantitative estimate of drug-likeness (QED) is 0.590. The highest BCUT2D eigenvalue weighted by molar-refractivity contribution is 5.71. The summed E-state index contributed by atoms with van der Waals surface area (Å²) < 4.78 is 12.1. The van der Waals surface area contributed by atoms with Crippen LogP contribution in [0.25, 0.3) is 0 Å². The van der Waals surface area contributed by atoms with Crippen LogP contribution in [-0.4, -0.2) is 46.0 Å². The van der Waals surface area contributed by atoms with E-state index < -0.39 is 0 Å². The fourth-order valence-electron chi connectivity index (χ4n) is 3.66. The van der Waals surface area contributed by atoms with Crippen LogP contribution in [0, 0.1) is 0 Å². The van der Waals surface area contributed by atoms with Crippen molar-refractivity contribution in [2.45, 2.75) is 64.6 Å². The van der Waals surface area contributed by atoms with E-state index in [2.05, 4.69) is 12.0 Å². The molecular weight excluding hydrogens is 310 g/mol. The molecule has 0 N–H and O–H groups in total. The molecule has 2 bridgehead atoms.